The van der Waals surface area contributed by atoms with E-state index >= 15 is 0 Å². The Labute approximate surface area is 158 Å². The molecule has 0 saturated carbocycles. The van der Waals surface area contributed by atoms with Crippen LogP contribution in [-0.4, -0.2) is 24.6 Å². The van der Waals surface area contributed by atoms with Crippen molar-refractivity contribution in [2.24, 2.45) is 0 Å². The lowest BCUT2D eigenvalue weighted by Crippen LogP contribution is -2.25. The monoisotopic (exact) mass is 373 g/mol. The number of ether oxygens (including phenoxy) is 2. The van der Waals surface area contributed by atoms with Gasteiger partial charge in [0.15, 0.2) is 11.6 Å². The van der Waals surface area contributed by atoms with Crippen LogP contribution >= 0.6 is 0 Å². The second kappa shape index (κ2) is 10.3. The maximum absolute atomic E-state index is 14.5. The largest absolute Gasteiger partial charge is 0.486 e. The molecule has 1 heterocycles. The second-order valence-corrected chi connectivity index (χ2v) is 5.77. The maximum atomic E-state index is 14.5. The fourth-order valence-electron chi connectivity index (χ4n) is 2.38. The van der Waals surface area contributed by atoms with Crippen molar-refractivity contribution in [1.82, 2.24) is 10.3 Å². The van der Waals surface area contributed by atoms with Crippen LogP contribution in [0.1, 0.15) is 35.0 Å². The molecule has 0 fully saturated rings. The number of nitrogens with two attached hydrogens (primary N) is 1. The van der Waals surface area contributed by atoms with Gasteiger partial charge in [0.1, 0.15) is 12.4 Å². The number of amides is 1. The molecule has 0 aliphatic rings. The average Bonchev–Trinajstić information content (AvgIpc) is 2.65. The number of hydrogen-bond acceptors (Lipinski definition) is 5. The van der Waals surface area contributed by atoms with Gasteiger partial charge in [-0.15, -0.1) is 0 Å². The molecular formula is C20H24FN3O3. The van der Waals surface area contributed by atoms with Gasteiger partial charge >= 0.3 is 0 Å². The summed E-state index contributed by atoms with van der Waals surface area (Å²) in [5.41, 5.74) is 7.00. The van der Waals surface area contributed by atoms with Crippen molar-refractivity contribution < 1.29 is 18.7 Å². The lowest BCUT2D eigenvalue weighted by Gasteiger charge is -2.11. The molecule has 2 rings (SSSR count). The zero-order chi connectivity index (χ0) is 19.6. The number of anilines is 1. The highest BCUT2D eigenvalue weighted by Crippen LogP contribution is 2.21. The van der Waals surface area contributed by atoms with Crippen LogP contribution in [0.2, 0.25) is 0 Å². The van der Waals surface area contributed by atoms with Crippen LogP contribution in [0.25, 0.3) is 0 Å². The first-order valence-electron chi connectivity index (χ1n) is 8.64. The van der Waals surface area contributed by atoms with E-state index in [0.29, 0.717) is 17.9 Å². The minimum Gasteiger partial charge on any atom is -0.486 e. The van der Waals surface area contributed by atoms with Crippen LogP contribution in [0.5, 0.6) is 5.75 Å². The molecule has 1 aromatic carbocycles. The molecule has 27 heavy (non-hydrogen) atoms. The zero-order valence-electron chi connectivity index (χ0n) is 15.5. The van der Waals surface area contributed by atoms with Gasteiger partial charge in [-0.1, -0.05) is 31.2 Å². The van der Waals surface area contributed by atoms with Crippen LogP contribution < -0.4 is 15.8 Å². The van der Waals surface area contributed by atoms with E-state index in [4.69, 9.17) is 15.2 Å². The summed E-state index contributed by atoms with van der Waals surface area (Å²) in [7, 11) is 1.55. The number of carbonyl (C=O) groups excluding carboxylic acids is 1. The first-order valence-corrected chi connectivity index (χ1v) is 8.64. The molecule has 144 valence electrons. The van der Waals surface area contributed by atoms with Crippen LogP contribution in [0.15, 0.2) is 42.5 Å². The number of pyridine rings is 1. The van der Waals surface area contributed by atoms with Crippen molar-refractivity contribution in [1.29, 1.82) is 0 Å². The maximum Gasteiger partial charge on any atom is 0.255 e. The Hall–Kier alpha value is -2.93. The Morgan fingerprint density at radius 3 is 2.81 bits per heavy atom. The van der Waals surface area contributed by atoms with E-state index in [9.17, 15) is 9.18 Å². The molecule has 7 heteroatoms. The Kier molecular flexibility index (Phi) is 7.76. The number of nitrogen functional groups attached to an aromatic ring is 1. The Bertz CT molecular complexity index is 809. The number of nitrogens with one attached hydrogen (secondary N) is 1. The summed E-state index contributed by atoms with van der Waals surface area (Å²) < 4.78 is 24.9. The molecule has 0 bridgehead atoms. The normalized spacial score (nSPS) is 10.9. The van der Waals surface area contributed by atoms with Crippen molar-refractivity contribution in [2.45, 2.75) is 26.5 Å². The predicted molar refractivity (Wildman–Crippen MR) is 102 cm³/mol. The second-order valence-electron chi connectivity index (χ2n) is 5.77. The predicted octanol–water partition coefficient (Wildman–Crippen LogP) is 3.22. The molecule has 6 nitrogen and oxygen atoms in total. The highest BCUT2D eigenvalue weighted by atomic mass is 19.1. The molecule has 0 aliphatic carbocycles. The lowest BCUT2D eigenvalue weighted by molar-refractivity contribution is 0.0951. The molecular weight excluding hydrogens is 349 g/mol. The van der Waals surface area contributed by atoms with Crippen molar-refractivity contribution in [2.75, 3.05) is 19.5 Å². The van der Waals surface area contributed by atoms with E-state index in [2.05, 4.69) is 10.3 Å². The Balaban J connectivity index is 2.01. The van der Waals surface area contributed by atoms with Gasteiger partial charge in [-0.25, -0.2) is 9.37 Å². The van der Waals surface area contributed by atoms with Gasteiger partial charge in [0.05, 0.1) is 17.9 Å². The van der Waals surface area contributed by atoms with Crippen molar-refractivity contribution in [3.63, 3.8) is 0 Å². The number of aromatic nitrogens is 1. The highest BCUT2D eigenvalue weighted by molar-refractivity contribution is 5.98. The third-order valence-electron chi connectivity index (χ3n) is 3.74. The quantitative estimate of drug-likeness (QED) is 0.659. The molecule has 3 N–H and O–H groups in total. The summed E-state index contributed by atoms with van der Waals surface area (Å²) in [6, 6.07) is 8.05. The van der Waals surface area contributed by atoms with E-state index in [0.717, 1.165) is 6.42 Å². The third kappa shape index (κ3) is 5.79. The van der Waals surface area contributed by atoms with Gasteiger partial charge in [0.25, 0.3) is 5.91 Å². The first kappa shape index (κ1) is 20.4. The fraction of sp³-hybridized carbons (Fsp3) is 0.300. The molecule has 0 radical (unpaired) electrons. The zero-order valence-corrected chi connectivity index (χ0v) is 15.5. The summed E-state index contributed by atoms with van der Waals surface area (Å²) in [5, 5.41) is 2.65. The number of rotatable bonds is 9. The van der Waals surface area contributed by atoms with Gasteiger partial charge < -0.3 is 20.5 Å². The molecule has 0 atom stereocenters. The van der Waals surface area contributed by atoms with E-state index in [-0.39, 0.29) is 30.3 Å². The molecule has 1 aromatic heterocycles. The first-order chi connectivity index (χ1) is 13.1. The minimum atomic E-state index is -0.496. The number of allylic oxidation sites excluding steroid dienone is 1. The summed E-state index contributed by atoms with van der Waals surface area (Å²) in [5.74, 6) is -0.681. The van der Waals surface area contributed by atoms with Gasteiger partial charge in [0, 0.05) is 19.2 Å². The van der Waals surface area contributed by atoms with Crippen molar-refractivity contribution >= 4 is 11.7 Å². The third-order valence-corrected chi connectivity index (χ3v) is 3.74. The molecule has 0 saturated heterocycles. The topological polar surface area (TPSA) is 86.5 Å². The van der Waals surface area contributed by atoms with Gasteiger partial charge in [-0.3, -0.25) is 4.79 Å². The van der Waals surface area contributed by atoms with Crippen molar-refractivity contribution in [3.05, 3.63) is 65.1 Å². The fourth-order valence-corrected chi connectivity index (χ4v) is 2.38. The van der Waals surface area contributed by atoms with E-state index in [1.54, 1.807) is 37.4 Å². The van der Waals surface area contributed by atoms with Gasteiger partial charge in [0.2, 0.25) is 0 Å². The molecule has 0 spiro atoms. The summed E-state index contributed by atoms with van der Waals surface area (Å²) in [6.45, 7) is 2.61. The molecule has 2 aromatic rings. The Morgan fingerprint density at radius 2 is 2.11 bits per heavy atom. The lowest BCUT2D eigenvalue weighted by atomic mass is 10.1. The number of halogens is 1. The van der Waals surface area contributed by atoms with Crippen LogP contribution in [-0.2, 0) is 17.9 Å². The summed E-state index contributed by atoms with van der Waals surface area (Å²) in [4.78, 5) is 16.4. The van der Waals surface area contributed by atoms with E-state index in [1.165, 1.54) is 0 Å². The van der Waals surface area contributed by atoms with Crippen LogP contribution in [0.4, 0.5) is 10.2 Å². The van der Waals surface area contributed by atoms with Crippen LogP contribution in [0.3, 0.4) is 0 Å². The van der Waals surface area contributed by atoms with E-state index < -0.39 is 11.7 Å². The molecule has 0 aliphatic heterocycles. The number of carbonyl (C=O) groups is 1. The van der Waals surface area contributed by atoms with Crippen molar-refractivity contribution in [3.8, 4) is 5.75 Å². The average molecular weight is 373 g/mol. The molecule has 1 amide bonds. The number of hydrogen-bond donors (Lipinski definition) is 2. The number of benzene rings is 1. The standard InChI is InChI=1S/C20H24FN3O3/c1-3-4-5-11-27-17-8-6-7-14(18(17)21)12-23-20(25)16-10-9-15(13-26-2)24-19(16)22/h4-10H,3,11-13H2,1-2H3,(H2,22,24)(H,23,25). The summed E-state index contributed by atoms with van der Waals surface area (Å²) >= 11 is 0. The van der Waals surface area contributed by atoms with Gasteiger partial charge in [-0.05, 0) is 24.6 Å². The minimum absolute atomic E-state index is 0.00588. The highest BCUT2D eigenvalue weighted by Gasteiger charge is 2.14. The smallest absolute Gasteiger partial charge is 0.255 e. The summed E-state index contributed by atoms with van der Waals surface area (Å²) in [6.07, 6.45) is 4.66. The number of methoxy groups -OCH3 is 1. The van der Waals surface area contributed by atoms with Gasteiger partial charge in [-0.2, -0.15) is 0 Å². The molecule has 0 unspecified atom stereocenters. The number of nitrogens with zero attached hydrogens (tertiary/aromatic N) is 1. The van der Waals surface area contributed by atoms with E-state index in [1.807, 2.05) is 19.1 Å². The van der Waals surface area contributed by atoms with Crippen LogP contribution in [0, 0.1) is 5.82 Å². The Morgan fingerprint density at radius 1 is 1.30 bits per heavy atom. The SMILES string of the molecule is CCC=CCOc1cccc(CNC(=O)c2ccc(COC)nc2N)c1F.